The molecule has 0 aromatic heterocycles. The van der Waals surface area contributed by atoms with Crippen LogP contribution >= 0.6 is 0 Å². The van der Waals surface area contributed by atoms with E-state index in [-0.39, 0.29) is 44.3 Å². The zero-order valence-electron chi connectivity index (χ0n) is 16.9. The van der Waals surface area contributed by atoms with E-state index in [1.807, 2.05) is 0 Å². The minimum Gasteiger partial charge on any atom is -0.444 e. The molecular weight excluding hydrogens is 390 g/mol. The van der Waals surface area contributed by atoms with Crippen LogP contribution in [0.4, 0.5) is 22.4 Å². The van der Waals surface area contributed by atoms with Gasteiger partial charge in [-0.25, -0.2) is 9.18 Å². The summed E-state index contributed by atoms with van der Waals surface area (Å²) in [5, 5.41) is 0. The molecule has 1 heterocycles. The van der Waals surface area contributed by atoms with Gasteiger partial charge in [0.05, 0.1) is 5.57 Å². The van der Waals surface area contributed by atoms with Crippen molar-refractivity contribution in [2.45, 2.75) is 70.3 Å². The summed E-state index contributed by atoms with van der Waals surface area (Å²) < 4.78 is 60.0. The number of halogens is 4. The molecule has 29 heavy (non-hydrogen) atoms. The Morgan fingerprint density at radius 1 is 1.10 bits per heavy atom. The van der Waals surface area contributed by atoms with Gasteiger partial charge in [-0.05, 0) is 39.2 Å². The van der Waals surface area contributed by atoms with Crippen LogP contribution in [-0.4, -0.2) is 47.3 Å². The standard InChI is InChI=1S/C21H27F4NO3/c1-19(2,3)29-18(28)26-13-11-20(22,12-14-26)17(27)10-9-15-7-5-4-6-8-16(15)21(23,24)25/h5-8H,4,9-14H2,1-3H3. The van der Waals surface area contributed by atoms with E-state index < -0.39 is 34.9 Å². The molecule has 1 aliphatic heterocycles. The average Bonchev–Trinajstić information content (AvgIpc) is 2.84. The van der Waals surface area contributed by atoms with Crippen molar-refractivity contribution in [3.05, 3.63) is 35.5 Å². The van der Waals surface area contributed by atoms with E-state index in [9.17, 15) is 22.8 Å². The maximum absolute atomic E-state index is 15.1. The first kappa shape index (κ1) is 23.2. The molecule has 1 saturated heterocycles. The summed E-state index contributed by atoms with van der Waals surface area (Å²) in [7, 11) is 0. The predicted octanol–water partition coefficient (Wildman–Crippen LogP) is 5.45. The van der Waals surface area contributed by atoms with Crippen LogP contribution in [0.5, 0.6) is 0 Å². The number of amides is 1. The quantitative estimate of drug-likeness (QED) is 0.572. The lowest BCUT2D eigenvalue weighted by molar-refractivity contribution is -0.133. The van der Waals surface area contributed by atoms with E-state index in [0.29, 0.717) is 6.42 Å². The summed E-state index contributed by atoms with van der Waals surface area (Å²) in [6.45, 7) is 5.21. The van der Waals surface area contributed by atoms with Crippen LogP contribution in [0.3, 0.4) is 0 Å². The lowest BCUT2D eigenvalue weighted by Gasteiger charge is -2.36. The second kappa shape index (κ2) is 8.71. The van der Waals surface area contributed by atoms with Crippen LogP contribution < -0.4 is 0 Å². The van der Waals surface area contributed by atoms with Gasteiger partial charge in [-0.15, -0.1) is 0 Å². The Kier molecular flexibility index (Phi) is 6.96. The predicted molar refractivity (Wildman–Crippen MR) is 101 cm³/mol. The smallest absolute Gasteiger partial charge is 0.416 e. The van der Waals surface area contributed by atoms with Gasteiger partial charge in [0, 0.05) is 32.4 Å². The third-order valence-corrected chi connectivity index (χ3v) is 4.86. The third-order valence-electron chi connectivity index (χ3n) is 4.86. The first-order valence-corrected chi connectivity index (χ1v) is 9.65. The third kappa shape index (κ3) is 6.44. The zero-order chi connectivity index (χ0) is 21.9. The van der Waals surface area contributed by atoms with E-state index in [2.05, 4.69) is 0 Å². The second-order valence-corrected chi connectivity index (χ2v) is 8.33. The topological polar surface area (TPSA) is 46.6 Å². The highest BCUT2D eigenvalue weighted by Gasteiger charge is 2.43. The molecule has 1 aliphatic carbocycles. The van der Waals surface area contributed by atoms with Crippen LogP contribution in [0.25, 0.3) is 0 Å². The first-order valence-electron chi connectivity index (χ1n) is 9.65. The Labute approximate surface area is 168 Å². The van der Waals surface area contributed by atoms with Crippen LogP contribution in [0.1, 0.15) is 52.9 Å². The molecule has 0 unspecified atom stereocenters. The number of ether oxygens (including phenoxy) is 1. The number of hydrogen-bond acceptors (Lipinski definition) is 3. The summed E-state index contributed by atoms with van der Waals surface area (Å²) in [4.78, 5) is 25.9. The first-order chi connectivity index (χ1) is 13.3. The molecule has 8 heteroatoms. The number of ketones is 1. The van der Waals surface area contributed by atoms with Gasteiger partial charge in [0.1, 0.15) is 5.60 Å². The molecule has 0 atom stereocenters. The van der Waals surface area contributed by atoms with Crippen molar-refractivity contribution in [3.8, 4) is 0 Å². The fourth-order valence-corrected chi connectivity index (χ4v) is 3.29. The van der Waals surface area contributed by atoms with Crippen molar-refractivity contribution in [3.63, 3.8) is 0 Å². The highest BCUT2D eigenvalue weighted by Crippen LogP contribution is 2.35. The largest absolute Gasteiger partial charge is 0.444 e. The van der Waals surface area contributed by atoms with E-state index in [0.717, 1.165) is 6.08 Å². The van der Waals surface area contributed by atoms with Crippen molar-refractivity contribution in [2.24, 2.45) is 0 Å². The minimum atomic E-state index is -4.53. The van der Waals surface area contributed by atoms with Gasteiger partial charge in [-0.1, -0.05) is 24.3 Å². The van der Waals surface area contributed by atoms with E-state index in [4.69, 9.17) is 4.74 Å². The molecule has 2 aliphatic rings. The van der Waals surface area contributed by atoms with Crippen LogP contribution in [0, 0.1) is 0 Å². The number of allylic oxidation sites excluding steroid dienone is 6. The Hall–Kier alpha value is -2.12. The van der Waals surface area contributed by atoms with Gasteiger partial charge < -0.3 is 9.64 Å². The van der Waals surface area contributed by atoms with Crippen molar-refractivity contribution in [1.29, 1.82) is 0 Å². The molecule has 0 saturated carbocycles. The van der Waals surface area contributed by atoms with Crippen LogP contribution in [0.2, 0.25) is 0 Å². The lowest BCUT2D eigenvalue weighted by atomic mass is 9.86. The molecule has 0 aromatic carbocycles. The average molecular weight is 417 g/mol. The summed E-state index contributed by atoms with van der Waals surface area (Å²) in [5.74, 6) is -0.725. The normalized spacial score (nSPS) is 19.9. The van der Waals surface area contributed by atoms with Crippen molar-refractivity contribution >= 4 is 11.9 Å². The highest BCUT2D eigenvalue weighted by molar-refractivity contribution is 5.88. The molecule has 4 nitrogen and oxygen atoms in total. The number of rotatable bonds is 4. The number of carbonyl (C=O) groups excluding carboxylic acids is 2. The molecule has 0 spiro atoms. The molecule has 0 radical (unpaired) electrons. The number of likely N-dealkylation sites (tertiary alicyclic amines) is 1. The van der Waals surface area contributed by atoms with Crippen molar-refractivity contribution in [2.75, 3.05) is 13.1 Å². The second-order valence-electron chi connectivity index (χ2n) is 8.33. The minimum absolute atomic E-state index is 0.0191. The molecule has 2 rings (SSSR count). The molecule has 1 fully saturated rings. The maximum Gasteiger partial charge on any atom is 0.416 e. The number of piperidine rings is 1. The number of alkyl halides is 4. The molecular formula is C21H27F4NO3. The van der Waals surface area contributed by atoms with Gasteiger partial charge in [0.25, 0.3) is 0 Å². The molecule has 1 amide bonds. The lowest BCUT2D eigenvalue weighted by Crippen LogP contribution is -2.49. The number of carbonyl (C=O) groups is 2. The number of Topliss-reactive ketones (excluding diaryl/α,β-unsaturated/α-hetero) is 1. The highest BCUT2D eigenvalue weighted by atomic mass is 19.4. The van der Waals surface area contributed by atoms with E-state index in [1.54, 1.807) is 26.8 Å². The summed E-state index contributed by atoms with van der Waals surface area (Å²) in [6.07, 6.45) is -0.278. The van der Waals surface area contributed by atoms with Crippen molar-refractivity contribution < 1.29 is 31.9 Å². The molecule has 162 valence electrons. The maximum atomic E-state index is 15.1. The summed E-state index contributed by atoms with van der Waals surface area (Å²) in [5.41, 5.74) is -3.63. The SMILES string of the molecule is CC(C)(C)OC(=O)N1CCC(F)(C(=O)CCC2=C(C(F)(F)F)C=CCC=C2)CC1. The van der Waals surface area contributed by atoms with E-state index >= 15 is 4.39 Å². The van der Waals surface area contributed by atoms with E-state index in [1.165, 1.54) is 17.1 Å². The van der Waals surface area contributed by atoms with Crippen LogP contribution in [-0.2, 0) is 9.53 Å². The molecule has 0 N–H and O–H groups in total. The zero-order valence-corrected chi connectivity index (χ0v) is 16.9. The summed E-state index contributed by atoms with van der Waals surface area (Å²) in [6, 6.07) is 0. The monoisotopic (exact) mass is 417 g/mol. The molecule has 0 bridgehead atoms. The molecule has 0 aromatic rings. The summed E-state index contributed by atoms with van der Waals surface area (Å²) >= 11 is 0. The Bertz CT molecular complexity index is 721. The number of hydrogen-bond donors (Lipinski definition) is 0. The fourth-order valence-electron chi connectivity index (χ4n) is 3.29. The van der Waals surface area contributed by atoms with Crippen molar-refractivity contribution in [1.82, 2.24) is 4.90 Å². The Morgan fingerprint density at radius 3 is 2.24 bits per heavy atom. The van der Waals surface area contributed by atoms with Gasteiger partial charge in [0.2, 0.25) is 0 Å². The van der Waals surface area contributed by atoms with Gasteiger partial charge >= 0.3 is 12.3 Å². The van der Waals surface area contributed by atoms with Gasteiger partial charge in [-0.3, -0.25) is 4.79 Å². The Balaban J connectivity index is 1.98. The Morgan fingerprint density at radius 2 is 1.69 bits per heavy atom. The van der Waals surface area contributed by atoms with Gasteiger partial charge in [0.15, 0.2) is 11.5 Å². The van der Waals surface area contributed by atoms with Crippen LogP contribution in [0.15, 0.2) is 35.5 Å². The fraction of sp³-hybridized carbons (Fsp3) is 0.619. The number of nitrogens with zero attached hydrogens (tertiary/aromatic N) is 1. The van der Waals surface area contributed by atoms with Gasteiger partial charge in [-0.2, -0.15) is 13.2 Å².